The van der Waals surface area contributed by atoms with Crippen molar-refractivity contribution in [2.75, 3.05) is 0 Å². The standard InChI is InChI=1S/C11H24O2/c1-3-10(12)8-6-5-7-9-11(13)4-2/h10-13H,3-9H2,1-2H3. The molecule has 0 aromatic carbocycles. The molecule has 0 bridgehead atoms. The van der Waals surface area contributed by atoms with E-state index in [0.717, 1.165) is 44.9 Å². The first-order valence-electron chi connectivity index (χ1n) is 5.56. The van der Waals surface area contributed by atoms with Crippen LogP contribution >= 0.6 is 0 Å². The Balaban J connectivity index is 3.08. The van der Waals surface area contributed by atoms with E-state index in [0.29, 0.717) is 0 Å². The molecular formula is C11H24O2. The second-order valence-corrected chi connectivity index (χ2v) is 3.76. The highest BCUT2D eigenvalue weighted by molar-refractivity contribution is 4.56. The molecule has 2 heteroatoms. The summed E-state index contributed by atoms with van der Waals surface area (Å²) in [4.78, 5) is 0. The average molecular weight is 188 g/mol. The second kappa shape index (κ2) is 8.52. The van der Waals surface area contributed by atoms with Crippen LogP contribution < -0.4 is 0 Å². The van der Waals surface area contributed by atoms with E-state index in [4.69, 9.17) is 0 Å². The summed E-state index contributed by atoms with van der Waals surface area (Å²) in [5.41, 5.74) is 0. The normalized spacial score (nSPS) is 15.7. The van der Waals surface area contributed by atoms with Crippen LogP contribution in [0.25, 0.3) is 0 Å². The molecule has 0 spiro atoms. The first kappa shape index (κ1) is 12.9. The van der Waals surface area contributed by atoms with Gasteiger partial charge in [-0.25, -0.2) is 0 Å². The summed E-state index contributed by atoms with van der Waals surface area (Å²) in [7, 11) is 0. The summed E-state index contributed by atoms with van der Waals surface area (Å²) < 4.78 is 0. The van der Waals surface area contributed by atoms with Gasteiger partial charge in [0.1, 0.15) is 0 Å². The van der Waals surface area contributed by atoms with Crippen LogP contribution in [0.1, 0.15) is 58.8 Å². The molecule has 0 aliphatic carbocycles. The van der Waals surface area contributed by atoms with Crippen molar-refractivity contribution in [2.45, 2.75) is 71.0 Å². The van der Waals surface area contributed by atoms with Crippen molar-refractivity contribution < 1.29 is 10.2 Å². The molecule has 0 radical (unpaired) electrons. The molecule has 2 atom stereocenters. The number of aliphatic hydroxyl groups is 2. The first-order chi connectivity index (χ1) is 6.20. The van der Waals surface area contributed by atoms with Crippen LogP contribution in [0.15, 0.2) is 0 Å². The van der Waals surface area contributed by atoms with Gasteiger partial charge in [-0.3, -0.25) is 0 Å². The van der Waals surface area contributed by atoms with Gasteiger partial charge in [-0.2, -0.15) is 0 Å². The Morgan fingerprint density at radius 3 is 1.46 bits per heavy atom. The van der Waals surface area contributed by atoms with Crippen LogP contribution in [0.4, 0.5) is 0 Å². The maximum atomic E-state index is 9.26. The molecule has 0 aliphatic heterocycles. The Labute approximate surface area is 82.0 Å². The molecule has 0 aliphatic rings. The van der Waals surface area contributed by atoms with Gasteiger partial charge >= 0.3 is 0 Å². The van der Waals surface area contributed by atoms with Gasteiger partial charge in [0.15, 0.2) is 0 Å². The summed E-state index contributed by atoms with van der Waals surface area (Å²) in [6.07, 6.45) is 6.63. The number of hydrogen-bond donors (Lipinski definition) is 2. The van der Waals surface area contributed by atoms with E-state index in [1.165, 1.54) is 0 Å². The Hall–Kier alpha value is -0.0800. The lowest BCUT2D eigenvalue weighted by Crippen LogP contribution is -2.05. The van der Waals surface area contributed by atoms with Crippen molar-refractivity contribution >= 4 is 0 Å². The predicted octanol–water partition coefficient (Wildman–Crippen LogP) is 2.48. The Morgan fingerprint density at radius 1 is 0.769 bits per heavy atom. The Kier molecular flexibility index (Phi) is 8.46. The molecule has 80 valence electrons. The van der Waals surface area contributed by atoms with Crippen molar-refractivity contribution in [3.63, 3.8) is 0 Å². The fourth-order valence-corrected chi connectivity index (χ4v) is 1.34. The summed E-state index contributed by atoms with van der Waals surface area (Å²) in [5.74, 6) is 0. The predicted molar refractivity (Wildman–Crippen MR) is 55.7 cm³/mol. The van der Waals surface area contributed by atoms with Crippen LogP contribution in [-0.2, 0) is 0 Å². The minimum Gasteiger partial charge on any atom is -0.393 e. The lowest BCUT2D eigenvalue weighted by atomic mass is 10.0. The number of unbranched alkanes of at least 4 members (excludes halogenated alkanes) is 2. The third kappa shape index (κ3) is 8.26. The lowest BCUT2D eigenvalue weighted by Gasteiger charge is -2.08. The van der Waals surface area contributed by atoms with E-state index < -0.39 is 0 Å². The molecule has 13 heavy (non-hydrogen) atoms. The van der Waals surface area contributed by atoms with E-state index in [9.17, 15) is 10.2 Å². The van der Waals surface area contributed by atoms with Crippen molar-refractivity contribution in [1.29, 1.82) is 0 Å². The van der Waals surface area contributed by atoms with Gasteiger partial charge in [-0.15, -0.1) is 0 Å². The maximum Gasteiger partial charge on any atom is 0.0537 e. The number of hydrogen-bond acceptors (Lipinski definition) is 2. The van der Waals surface area contributed by atoms with E-state index >= 15 is 0 Å². The van der Waals surface area contributed by atoms with Crippen molar-refractivity contribution in [3.05, 3.63) is 0 Å². The highest BCUT2D eigenvalue weighted by Gasteiger charge is 2.02. The molecule has 2 nitrogen and oxygen atoms in total. The van der Waals surface area contributed by atoms with Crippen molar-refractivity contribution in [1.82, 2.24) is 0 Å². The van der Waals surface area contributed by atoms with E-state index in [1.807, 2.05) is 13.8 Å². The minimum atomic E-state index is -0.115. The highest BCUT2D eigenvalue weighted by Crippen LogP contribution is 2.10. The Morgan fingerprint density at radius 2 is 1.15 bits per heavy atom. The molecule has 0 saturated carbocycles. The fourth-order valence-electron chi connectivity index (χ4n) is 1.34. The summed E-state index contributed by atoms with van der Waals surface area (Å²) in [6, 6.07) is 0. The van der Waals surface area contributed by atoms with Crippen LogP contribution in [0, 0.1) is 0 Å². The SMILES string of the molecule is CCC(O)CCCCCC(O)CC. The van der Waals surface area contributed by atoms with Gasteiger partial charge in [0.25, 0.3) is 0 Å². The zero-order valence-electron chi connectivity index (χ0n) is 9.00. The maximum absolute atomic E-state index is 9.26. The van der Waals surface area contributed by atoms with Gasteiger partial charge in [0.2, 0.25) is 0 Å². The zero-order chi connectivity index (χ0) is 10.1. The summed E-state index contributed by atoms with van der Waals surface area (Å²) in [5, 5.41) is 18.5. The van der Waals surface area contributed by atoms with Gasteiger partial charge in [-0.1, -0.05) is 33.1 Å². The number of aliphatic hydroxyl groups excluding tert-OH is 2. The molecule has 0 rings (SSSR count). The summed E-state index contributed by atoms with van der Waals surface area (Å²) in [6.45, 7) is 4.01. The van der Waals surface area contributed by atoms with Crippen molar-refractivity contribution in [2.24, 2.45) is 0 Å². The topological polar surface area (TPSA) is 40.5 Å². The highest BCUT2D eigenvalue weighted by atomic mass is 16.3. The third-order valence-corrected chi connectivity index (χ3v) is 2.52. The van der Waals surface area contributed by atoms with Crippen LogP contribution in [0.5, 0.6) is 0 Å². The molecule has 2 N–H and O–H groups in total. The second-order valence-electron chi connectivity index (χ2n) is 3.76. The lowest BCUT2D eigenvalue weighted by molar-refractivity contribution is 0.148. The molecular weight excluding hydrogens is 164 g/mol. The van der Waals surface area contributed by atoms with Crippen LogP contribution in [0.3, 0.4) is 0 Å². The average Bonchev–Trinajstić information content (AvgIpc) is 2.16. The largest absolute Gasteiger partial charge is 0.393 e. The zero-order valence-corrected chi connectivity index (χ0v) is 9.00. The molecule has 2 unspecified atom stereocenters. The van der Waals surface area contributed by atoms with Gasteiger partial charge < -0.3 is 10.2 Å². The molecule has 0 aromatic rings. The molecule has 0 saturated heterocycles. The van der Waals surface area contributed by atoms with Crippen LogP contribution in [-0.4, -0.2) is 22.4 Å². The van der Waals surface area contributed by atoms with Crippen molar-refractivity contribution in [3.8, 4) is 0 Å². The molecule has 0 aromatic heterocycles. The van der Waals surface area contributed by atoms with Gasteiger partial charge in [0.05, 0.1) is 12.2 Å². The van der Waals surface area contributed by atoms with Crippen LogP contribution in [0.2, 0.25) is 0 Å². The van der Waals surface area contributed by atoms with E-state index in [2.05, 4.69) is 0 Å². The quantitative estimate of drug-likeness (QED) is 0.574. The molecule has 0 fully saturated rings. The summed E-state index contributed by atoms with van der Waals surface area (Å²) >= 11 is 0. The van der Waals surface area contributed by atoms with E-state index in [-0.39, 0.29) is 12.2 Å². The fraction of sp³-hybridized carbons (Fsp3) is 1.00. The van der Waals surface area contributed by atoms with E-state index in [1.54, 1.807) is 0 Å². The monoisotopic (exact) mass is 188 g/mol. The Bertz CT molecular complexity index is 92.3. The smallest absolute Gasteiger partial charge is 0.0537 e. The molecule has 0 heterocycles. The van der Waals surface area contributed by atoms with Gasteiger partial charge in [0, 0.05) is 0 Å². The minimum absolute atomic E-state index is 0.115. The first-order valence-corrected chi connectivity index (χ1v) is 5.56. The van der Waals surface area contributed by atoms with Gasteiger partial charge in [-0.05, 0) is 25.7 Å². The third-order valence-electron chi connectivity index (χ3n) is 2.52. The number of rotatable bonds is 8. The molecule has 0 amide bonds.